The second-order valence-electron chi connectivity index (χ2n) is 8.85. The standard InChI is InChI=1S/C23H37N5O3/c1-26(16-8-5-4-6-9-16)22(30)10-7-13-31-17-11-12-19-18(14-17)20(15-21(24)29)28(3)23(25)27(19)2/h11-12,14,16,20,23H,4-10,13,15,25H2,1-3H3,(H2,24,29). The van der Waals surface area contributed by atoms with E-state index in [0.29, 0.717) is 25.5 Å². The molecule has 1 aromatic rings. The summed E-state index contributed by atoms with van der Waals surface area (Å²) in [5.41, 5.74) is 13.7. The lowest BCUT2D eigenvalue weighted by atomic mass is 9.94. The van der Waals surface area contributed by atoms with Crippen LogP contribution in [0.3, 0.4) is 0 Å². The van der Waals surface area contributed by atoms with Gasteiger partial charge in [0, 0.05) is 44.7 Å². The van der Waals surface area contributed by atoms with E-state index in [2.05, 4.69) is 0 Å². The fourth-order valence-corrected chi connectivity index (χ4v) is 4.74. The molecule has 3 rings (SSSR count). The largest absolute Gasteiger partial charge is 0.494 e. The van der Waals surface area contributed by atoms with Crippen molar-refractivity contribution in [3.8, 4) is 5.75 Å². The molecule has 2 atom stereocenters. The first kappa shape index (κ1) is 23.3. The number of carbonyl (C=O) groups excluding carboxylic acids is 2. The highest BCUT2D eigenvalue weighted by atomic mass is 16.5. The Balaban J connectivity index is 1.57. The summed E-state index contributed by atoms with van der Waals surface area (Å²) < 4.78 is 5.94. The molecule has 0 aromatic heterocycles. The Kier molecular flexibility index (Phi) is 7.78. The van der Waals surface area contributed by atoms with Gasteiger partial charge in [-0.05, 0) is 50.1 Å². The van der Waals surface area contributed by atoms with Crippen LogP contribution >= 0.6 is 0 Å². The van der Waals surface area contributed by atoms with Crippen LogP contribution in [-0.2, 0) is 9.59 Å². The molecule has 8 nitrogen and oxygen atoms in total. The Bertz CT molecular complexity index is 780. The number of nitrogens with two attached hydrogens (primary N) is 2. The molecule has 1 aliphatic heterocycles. The van der Waals surface area contributed by atoms with E-state index in [1.165, 1.54) is 19.3 Å². The number of carbonyl (C=O) groups is 2. The van der Waals surface area contributed by atoms with Crippen LogP contribution in [-0.4, -0.2) is 61.7 Å². The van der Waals surface area contributed by atoms with Gasteiger partial charge in [0.05, 0.1) is 6.61 Å². The lowest BCUT2D eigenvalue weighted by Crippen LogP contribution is -2.56. The average molecular weight is 432 g/mol. The van der Waals surface area contributed by atoms with E-state index in [-0.39, 0.29) is 30.6 Å². The van der Waals surface area contributed by atoms with E-state index in [1.54, 1.807) is 0 Å². The molecule has 4 N–H and O–H groups in total. The van der Waals surface area contributed by atoms with Gasteiger partial charge in [-0.25, -0.2) is 0 Å². The number of primary amides is 1. The van der Waals surface area contributed by atoms with Gasteiger partial charge >= 0.3 is 0 Å². The minimum absolute atomic E-state index is 0.191. The summed E-state index contributed by atoms with van der Waals surface area (Å²) in [4.78, 5) is 30.0. The maximum atomic E-state index is 12.5. The molecule has 0 bridgehead atoms. The van der Waals surface area contributed by atoms with Gasteiger partial charge in [-0.15, -0.1) is 0 Å². The summed E-state index contributed by atoms with van der Waals surface area (Å²) in [6.45, 7) is 0.467. The van der Waals surface area contributed by atoms with Crippen molar-refractivity contribution in [1.29, 1.82) is 0 Å². The second-order valence-corrected chi connectivity index (χ2v) is 8.85. The lowest BCUT2D eigenvalue weighted by Gasteiger charge is -2.45. The molecule has 31 heavy (non-hydrogen) atoms. The van der Waals surface area contributed by atoms with Crippen molar-refractivity contribution in [1.82, 2.24) is 9.80 Å². The number of ether oxygens (including phenoxy) is 1. The minimum atomic E-state index is -0.369. The van der Waals surface area contributed by atoms with Gasteiger partial charge in [-0.3, -0.25) is 20.2 Å². The summed E-state index contributed by atoms with van der Waals surface area (Å²) in [5.74, 6) is 0.546. The zero-order valence-corrected chi connectivity index (χ0v) is 19.0. The minimum Gasteiger partial charge on any atom is -0.494 e. The summed E-state index contributed by atoms with van der Waals surface area (Å²) in [6.07, 6.45) is 6.97. The molecule has 2 aliphatic rings. The first-order valence-electron chi connectivity index (χ1n) is 11.3. The molecule has 1 aromatic carbocycles. The predicted octanol–water partition coefficient (Wildman–Crippen LogP) is 2.18. The van der Waals surface area contributed by atoms with E-state index >= 15 is 0 Å². The number of anilines is 1. The molecular weight excluding hydrogens is 394 g/mol. The molecule has 2 amide bonds. The number of rotatable bonds is 8. The Morgan fingerprint density at radius 1 is 1.19 bits per heavy atom. The summed E-state index contributed by atoms with van der Waals surface area (Å²) in [5, 5.41) is 0. The van der Waals surface area contributed by atoms with Crippen molar-refractivity contribution in [2.75, 3.05) is 32.6 Å². The molecule has 1 saturated carbocycles. The van der Waals surface area contributed by atoms with Gasteiger partial charge in [-0.1, -0.05) is 19.3 Å². The Morgan fingerprint density at radius 2 is 1.90 bits per heavy atom. The molecule has 8 heteroatoms. The van der Waals surface area contributed by atoms with Gasteiger partial charge in [0.1, 0.15) is 12.0 Å². The molecule has 1 aliphatic carbocycles. The van der Waals surface area contributed by atoms with Crippen molar-refractivity contribution < 1.29 is 14.3 Å². The fourth-order valence-electron chi connectivity index (χ4n) is 4.74. The van der Waals surface area contributed by atoms with Gasteiger partial charge in [0.2, 0.25) is 11.8 Å². The molecular formula is C23H37N5O3. The number of benzene rings is 1. The van der Waals surface area contributed by atoms with Crippen molar-refractivity contribution in [2.24, 2.45) is 11.5 Å². The maximum absolute atomic E-state index is 12.5. The third kappa shape index (κ3) is 5.49. The van der Waals surface area contributed by atoms with Crippen LogP contribution in [0.5, 0.6) is 5.75 Å². The highest BCUT2D eigenvalue weighted by Crippen LogP contribution is 2.39. The third-order valence-corrected chi connectivity index (χ3v) is 6.76. The molecule has 1 fully saturated rings. The van der Waals surface area contributed by atoms with E-state index < -0.39 is 0 Å². The van der Waals surface area contributed by atoms with Crippen LogP contribution in [0.4, 0.5) is 5.69 Å². The van der Waals surface area contributed by atoms with Crippen LogP contribution in [0.1, 0.15) is 63.0 Å². The van der Waals surface area contributed by atoms with Crippen molar-refractivity contribution >= 4 is 17.5 Å². The summed E-state index contributed by atoms with van der Waals surface area (Å²) in [6, 6.07) is 6.02. The van der Waals surface area contributed by atoms with Gasteiger partial charge in [0.25, 0.3) is 0 Å². The first-order chi connectivity index (χ1) is 14.8. The van der Waals surface area contributed by atoms with Crippen molar-refractivity contribution in [3.63, 3.8) is 0 Å². The number of nitrogens with zero attached hydrogens (tertiary/aromatic N) is 3. The average Bonchev–Trinajstić information content (AvgIpc) is 2.77. The van der Waals surface area contributed by atoms with Crippen LogP contribution in [0.15, 0.2) is 18.2 Å². The molecule has 1 heterocycles. The normalized spacial score (nSPS) is 22.1. The third-order valence-electron chi connectivity index (χ3n) is 6.76. The van der Waals surface area contributed by atoms with Crippen LogP contribution in [0.25, 0.3) is 0 Å². The Hall–Kier alpha value is -2.32. The zero-order valence-electron chi connectivity index (χ0n) is 19.0. The van der Waals surface area contributed by atoms with E-state index in [1.807, 2.05) is 54.0 Å². The maximum Gasteiger partial charge on any atom is 0.222 e. The highest BCUT2D eigenvalue weighted by Gasteiger charge is 2.34. The number of hydrogen-bond acceptors (Lipinski definition) is 6. The summed E-state index contributed by atoms with van der Waals surface area (Å²) in [7, 11) is 5.74. The predicted molar refractivity (Wildman–Crippen MR) is 122 cm³/mol. The van der Waals surface area contributed by atoms with E-state index in [9.17, 15) is 9.59 Å². The van der Waals surface area contributed by atoms with Crippen LogP contribution in [0.2, 0.25) is 0 Å². The fraction of sp³-hybridized carbons (Fsp3) is 0.652. The zero-order chi connectivity index (χ0) is 22.5. The Morgan fingerprint density at radius 3 is 2.58 bits per heavy atom. The molecule has 172 valence electrons. The molecule has 0 radical (unpaired) electrons. The molecule has 2 unspecified atom stereocenters. The van der Waals surface area contributed by atoms with E-state index in [0.717, 1.165) is 29.8 Å². The van der Waals surface area contributed by atoms with Crippen LogP contribution < -0.4 is 21.1 Å². The quantitative estimate of drug-likeness (QED) is 0.611. The number of fused-ring (bicyclic) bond motifs is 1. The lowest BCUT2D eigenvalue weighted by molar-refractivity contribution is -0.132. The number of amides is 2. The van der Waals surface area contributed by atoms with Crippen molar-refractivity contribution in [2.45, 2.75) is 69.7 Å². The van der Waals surface area contributed by atoms with Gasteiger partial charge in [0.15, 0.2) is 0 Å². The molecule has 0 spiro atoms. The topological polar surface area (TPSA) is 105 Å². The number of hydrogen-bond donors (Lipinski definition) is 2. The van der Waals surface area contributed by atoms with Gasteiger partial charge < -0.3 is 20.3 Å². The Labute approximate surface area is 185 Å². The van der Waals surface area contributed by atoms with E-state index in [4.69, 9.17) is 16.2 Å². The molecule has 0 saturated heterocycles. The highest BCUT2D eigenvalue weighted by molar-refractivity contribution is 5.76. The first-order valence-corrected chi connectivity index (χ1v) is 11.3. The second kappa shape index (κ2) is 10.3. The monoisotopic (exact) mass is 431 g/mol. The summed E-state index contributed by atoms with van der Waals surface area (Å²) >= 11 is 0. The van der Waals surface area contributed by atoms with Crippen LogP contribution in [0, 0.1) is 0 Å². The van der Waals surface area contributed by atoms with Gasteiger partial charge in [-0.2, -0.15) is 0 Å². The SMILES string of the molecule is CN(C(=O)CCCOc1ccc2c(c1)C(CC(N)=O)N(C)C(N)N2C)C1CCCCC1. The smallest absolute Gasteiger partial charge is 0.222 e. The van der Waals surface area contributed by atoms with Crippen molar-refractivity contribution in [3.05, 3.63) is 23.8 Å².